The zero-order valence-electron chi connectivity index (χ0n) is 10.8. The van der Waals surface area contributed by atoms with E-state index in [1.54, 1.807) is 0 Å². The molecule has 1 N–H and O–H groups in total. The molecule has 4 saturated heterocycles. The third-order valence-electron chi connectivity index (χ3n) is 5.59. The highest BCUT2D eigenvalue weighted by molar-refractivity contribution is 5.03. The molecule has 0 aromatic carbocycles. The van der Waals surface area contributed by atoms with Gasteiger partial charge in [0.05, 0.1) is 12.2 Å². The summed E-state index contributed by atoms with van der Waals surface area (Å²) in [6.07, 6.45) is 5.24. The standard InChI is InChI=1S/C14H24N2O/c1-14(4-5-15-8-14)9-16-6-10-11(7-16)13-3-2-12(10)17-13/h10-13,15H,2-9H2,1H3. The summed E-state index contributed by atoms with van der Waals surface area (Å²) in [7, 11) is 0. The van der Waals surface area contributed by atoms with E-state index in [1.165, 1.54) is 52.0 Å². The molecule has 0 aromatic rings. The Morgan fingerprint density at radius 1 is 1.24 bits per heavy atom. The normalized spacial score (nSPS) is 53.5. The van der Waals surface area contributed by atoms with E-state index in [-0.39, 0.29) is 0 Å². The van der Waals surface area contributed by atoms with Crippen molar-refractivity contribution in [2.75, 3.05) is 32.7 Å². The molecule has 4 aliphatic heterocycles. The SMILES string of the molecule is CC1(CN2CC3C4CCC(O4)C3C2)CCNC1. The lowest BCUT2D eigenvalue weighted by Gasteiger charge is -2.29. The van der Waals surface area contributed by atoms with E-state index < -0.39 is 0 Å². The minimum Gasteiger partial charge on any atom is -0.374 e. The van der Waals surface area contributed by atoms with Crippen LogP contribution in [0.3, 0.4) is 0 Å². The first kappa shape index (κ1) is 10.8. The zero-order valence-corrected chi connectivity index (χ0v) is 10.8. The van der Waals surface area contributed by atoms with Crippen molar-refractivity contribution in [3.8, 4) is 0 Å². The van der Waals surface area contributed by atoms with E-state index in [0.29, 0.717) is 17.6 Å². The van der Waals surface area contributed by atoms with Crippen LogP contribution in [-0.4, -0.2) is 49.8 Å². The first-order valence-corrected chi connectivity index (χ1v) is 7.32. The molecular weight excluding hydrogens is 212 g/mol. The Balaban J connectivity index is 1.42. The van der Waals surface area contributed by atoms with Crippen molar-refractivity contribution in [1.82, 2.24) is 10.2 Å². The van der Waals surface area contributed by atoms with E-state index in [0.717, 1.165) is 11.8 Å². The quantitative estimate of drug-likeness (QED) is 0.777. The monoisotopic (exact) mass is 236 g/mol. The Kier molecular flexibility index (Phi) is 2.34. The lowest BCUT2D eigenvalue weighted by atomic mass is 9.82. The maximum atomic E-state index is 6.04. The maximum Gasteiger partial charge on any atom is 0.0624 e. The van der Waals surface area contributed by atoms with Gasteiger partial charge in [0, 0.05) is 38.0 Å². The van der Waals surface area contributed by atoms with Crippen molar-refractivity contribution in [2.45, 2.75) is 38.4 Å². The smallest absolute Gasteiger partial charge is 0.0624 e. The van der Waals surface area contributed by atoms with Crippen molar-refractivity contribution in [1.29, 1.82) is 0 Å². The number of likely N-dealkylation sites (tertiary alicyclic amines) is 1. The van der Waals surface area contributed by atoms with Gasteiger partial charge in [-0.15, -0.1) is 0 Å². The van der Waals surface area contributed by atoms with Crippen LogP contribution >= 0.6 is 0 Å². The summed E-state index contributed by atoms with van der Waals surface area (Å²) in [6.45, 7) is 8.79. The second-order valence-electron chi connectivity index (χ2n) is 7.05. The fourth-order valence-electron chi connectivity index (χ4n) is 4.72. The van der Waals surface area contributed by atoms with Crippen molar-refractivity contribution in [3.05, 3.63) is 0 Å². The molecule has 0 amide bonds. The minimum atomic E-state index is 0.526. The Morgan fingerprint density at radius 3 is 2.53 bits per heavy atom. The number of ether oxygens (including phenoxy) is 1. The molecule has 0 saturated carbocycles. The van der Waals surface area contributed by atoms with Crippen molar-refractivity contribution < 1.29 is 4.74 Å². The summed E-state index contributed by atoms with van der Waals surface area (Å²) in [5, 5.41) is 3.52. The van der Waals surface area contributed by atoms with Gasteiger partial charge < -0.3 is 15.0 Å². The number of hydrogen-bond acceptors (Lipinski definition) is 3. The summed E-state index contributed by atoms with van der Waals surface area (Å²) < 4.78 is 6.04. The van der Waals surface area contributed by atoms with Crippen LogP contribution in [0.1, 0.15) is 26.2 Å². The minimum absolute atomic E-state index is 0.526. The van der Waals surface area contributed by atoms with Gasteiger partial charge in [0.1, 0.15) is 0 Å². The van der Waals surface area contributed by atoms with Gasteiger partial charge in [-0.05, 0) is 31.2 Å². The van der Waals surface area contributed by atoms with Gasteiger partial charge in [0.25, 0.3) is 0 Å². The van der Waals surface area contributed by atoms with E-state index >= 15 is 0 Å². The van der Waals surface area contributed by atoms with E-state index in [1.807, 2.05) is 0 Å². The van der Waals surface area contributed by atoms with Gasteiger partial charge in [-0.3, -0.25) is 0 Å². The molecule has 4 heterocycles. The summed E-state index contributed by atoms with van der Waals surface area (Å²) in [6, 6.07) is 0. The molecule has 4 aliphatic rings. The van der Waals surface area contributed by atoms with Crippen molar-refractivity contribution in [3.63, 3.8) is 0 Å². The molecule has 96 valence electrons. The van der Waals surface area contributed by atoms with Gasteiger partial charge in [-0.1, -0.05) is 6.92 Å². The first-order valence-electron chi connectivity index (χ1n) is 7.32. The Hall–Kier alpha value is -0.120. The molecule has 0 aromatic heterocycles. The number of hydrogen-bond donors (Lipinski definition) is 1. The molecule has 0 aliphatic carbocycles. The third-order valence-corrected chi connectivity index (χ3v) is 5.59. The largest absolute Gasteiger partial charge is 0.374 e. The summed E-state index contributed by atoms with van der Waals surface area (Å²) in [5.74, 6) is 1.73. The zero-order chi connectivity index (χ0) is 11.5. The summed E-state index contributed by atoms with van der Waals surface area (Å²) >= 11 is 0. The fourth-order valence-corrected chi connectivity index (χ4v) is 4.72. The second-order valence-corrected chi connectivity index (χ2v) is 7.05. The lowest BCUT2D eigenvalue weighted by Crippen LogP contribution is -2.37. The molecule has 3 heteroatoms. The molecule has 17 heavy (non-hydrogen) atoms. The highest BCUT2D eigenvalue weighted by atomic mass is 16.5. The Bertz CT molecular complexity index is 295. The summed E-state index contributed by atoms with van der Waals surface area (Å²) in [5.41, 5.74) is 0.526. The molecule has 3 nitrogen and oxygen atoms in total. The molecule has 5 unspecified atom stereocenters. The third kappa shape index (κ3) is 1.66. The number of nitrogens with zero attached hydrogens (tertiary/aromatic N) is 1. The van der Waals surface area contributed by atoms with Crippen LogP contribution in [0.5, 0.6) is 0 Å². The molecule has 5 atom stereocenters. The predicted octanol–water partition coefficient (Wildman–Crippen LogP) is 1.10. The Labute approximate surface area is 104 Å². The van der Waals surface area contributed by atoms with E-state index in [9.17, 15) is 0 Å². The predicted molar refractivity (Wildman–Crippen MR) is 66.9 cm³/mol. The average molecular weight is 236 g/mol. The van der Waals surface area contributed by atoms with Crippen LogP contribution in [0.15, 0.2) is 0 Å². The second kappa shape index (κ2) is 3.69. The fraction of sp³-hybridized carbons (Fsp3) is 1.00. The van der Waals surface area contributed by atoms with Crippen LogP contribution in [0.4, 0.5) is 0 Å². The molecule has 4 fully saturated rings. The Morgan fingerprint density at radius 2 is 1.94 bits per heavy atom. The molecule has 2 bridgehead atoms. The molecule has 0 radical (unpaired) electrons. The van der Waals surface area contributed by atoms with E-state index in [2.05, 4.69) is 17.1 Å². The van der Waals surface area contributed by atoms with Crippen molar-refractivity contribution >= 4 is 0 Å². The van der Waals surface area contributed by atoms with Gasteiger partial charge in [0.2, 0.25) is 0 Å². The number of nitrogens with one attached hydrogen (secondary N) is 1. The molecule has 0 spiro atoms. The number of fused-ring (bicyclic) bond motifs is 5. The van der Waals surface area contributed by atoms with Crippen LogP contribution < -0.4 is 5.32 Å². The van der Waals surface area contributed by atoms with Gasteiger partial charge in [-0.25, -0.2) is 0 Å². The highest BCUT2D eigenvalue weighted by Crippen LogP contribution is 2.47. The van der Waals surface area contributed by atoms with E-state index in [4.69, 9.17) is 4.74 Å². The van der Waals surface area contributed by atoms with Crippen LogP contribution in [-0.2, 0) is 4.74 Å². The van der Waals surface area contributed by atoms with Crippen LogP contribution in [0, 0.1) is 17.3 Å². The molecule has 4 rings (SSSR count). The lowest BCUT2D eigenvalue weighted by molar-refractivity contribution is 0.0650. The maximum absolute atomic E-state index is 6.04. The topological polar surface area (TPSA) is 24.5 Å². The van der Waals surface area contributed by atoms with Gasteiger partial charge in [-0.2, -0.15) is 0 Å². The van der Waals surface area contributed by atoms with Crippen LogP contribution in [0.25, 0.3) is 0 Å². The van der Waals surface area contributed by atoms with Gasteiger partial charge in [0.15, 0.2) is 0 Å². The number of rotatable bonds is 2. The van der Waals surface area contributed by atoms with Crippen LogP contribution in [0.2, 0.25) is 0 Å². The van der Waals surface area contributed by atoms with Crippen molar-refractivity contribution in [2.24, 2.45) is 17.3 Å². The van der Waals surface area contributed by atoms with Gasteiger partial charge >= 0.3 is 0 Å². The average Bonchev–Trinajstić information content (AvgIpc) is 2.98. The molecular formula is C14H24N2O. The summed E-state index contributed by atoms with van der Waals surface area (Å²) in [4.78, 5) is 2.73. The highest BCUT2D eigenvalue weighted by Gasteiger charge is 2.53. The first-order chi connectivity index (χ1) is 8.23.